The van der Waals surface area contributed by atoms with E-state index in [1.807, 2.05) is 25.1 Å². The van der Waals surface area contributed by atoms with E-state index in [4.69, 9.17) is 4.42 Å². The number of thioether (sulfide) groups is 1. The second kappa shape index (κ2) is 7.42. The fourth-order valence-corrected chi connectivity index (χ4v) is 5.54. The molecule has 8 heteroatoms. The summed E-state index contributed by atoms with van der Waals surface area (Å²) in [5.74, 6) is 1.89. The molecule has 6 nitrogen and oxygen atoms in total. The summed E-state index contributed by atoms with van der Waals surface area (Å²) in [4.78, 5) is 22.2. The highest BCUT2D eigenvalue weighted by molar-refractivity contribution is 7.99. The molecule has 1 N–H and O–H groups in total. The lowest BCUT2D eigenvalue weighted by atomic mass is 9.90. The number of thiophene rings is 1. The van der Waals surface area contributed by atoms with Gasteiger partial charge in [-0.05, 0) is 55.9 Å². The van der Waals surface area contributed by atoms with Gasteiger partial charge in [0.15, 0.2) is 0 Å². The average Bonchev–Trinajstić information content (AvgIpc) is 3.34. The van der Waals surface area contributed by atoms with Gasteiger partial charge in [-0.15, -0.1) is 21.5 Å². The molecule has 5 rings (SSSR count). The number of hydrogen-bond acceptors (Lipinski definition) is 7. The number of fused-ring (bicyclic) bond motifs is 2. The molecule has 0 fully saturated rings. The standard InChI is InChI=1S/C21H20N4O2S2/c1-11-7-8-16-13(9-11)10-17(29-16)20-24-25-21(27-20)28-12(2)18-22-15-6-4-3-5-14(15)19(26)23-18/h3-6,10-12H,7-9H2,1-2H3,(H,22,23,26)/t11-,12-/m1/s1. The van der Waals surface area contributed by atoms with E-state index < -0.39 is 0 Å². The van der Waals surface area contributed by atoms with Crippen LogP contribution in [0.3, 0.4) is 0 Å². The van der Waals surface area contributed by atoms with Crippen LogP contribution in [0.5, 0.6) is 0 Å². The summed E-state index contributed by atoms with van der Waals surface area (Å²) < 4.78 is 5.92. The van der Waals surface area contributed by atoms with Crippen LogP contribution in [0.15, 0.2) is 44.8 Å². The van der Waals surface area contributed by atoms with Crippen molar-refractivity contribution >= 4 is 34.0 Å². The van der Waals surface area contributed by atoms with Crippen molar-refractivity contribution in [1.29, 1.82) is 0 Å². The van der Waals surface area contributed by atoms with E-state index in [-0.39, 0.29) is 10.8 Å². The Bertz CT molecular complexity index is 1240. The van der Waals surface area contributed by atoms with Crippen molar-refractivity contribution in [2.75, 3.05) is 0 Å². The Morgan fingerprint density at radius 2 is 2.17 bits per heavy atom. The number of para-hydroxylation sites is 1. The lowest BCUT2D eigenvalue weighted by Gasteiger charge is -2.16. The van der Waals surface area contributed by atoms with Gasteiger partial charge in [0.2, 0.25) is 0 Å². The zero-order chi connectivity index (χ0) is 20.0. The third kappa shape index (κ3) is 3.62. The van der Waals surface area contributed by atoms with Crippen molar-refractivity contribution in [1.82, 2.24) is 20.2 Å². The second-order valence-corrected chi connectivity index (χ2v) is 9.94. The normalized spacial score (nSPS) is 17.4. The quantitative estimate of drug-likeness (QED) is 0.464. The van der Waals surface area contributed by atoms with Crippen molar-refractivity contribution in [3.63, 3.8) is 0 Å². The Balaban J connectivity index is 1.37. The first-order chi connectivity index (χ1) is 14.1. The molecule has 0 spiro atoms. The van der Waals surface area contributed by atoms with E-state index in [9.17, 15) is 4.79 Å². The fourth-order valence-electron chi connectivity index (χ4n) is 3.67. The summed E-state index contributed by atoms with van der Waals surface area (Å²) in [6.07, 6.45) is 3.50. The van der Waals surface area contributed by atoms with Gasteiger partial charge in [0.05, 0.1) is 21.0 Å². The van der Waals surface area contributed by atoms with Crippen LogP contribution in [0.25, 0.3) is 21.7 Å². The smallest absolute Gasteiger partial charge is 0.277 e. The highest BCUT2D eigenvalue weighted by Crippen LogP contribution is 2.39. The molecule has 0 unspecified atom stereocenters. The first-order valence-electron chi connectivity index (χ1n) is 9.68. The molecule has 0 saturated carbocycles. The number of hydrogen-bond donors (Lipinski definition) is 1. The maximum absolute atomic E-state index is 12.3. The predicted octanol–water partition coefficient (Wildman–Crippen LogP) is 5.01. The van der Waals surface area contributed by atoms with Crippen molar-refractivity contribution < 1.29 is 4.42 Å². The second-order valence-electron chi connectivity index (χ2n) is 7.51. The molecule has 4 aromatic rings. The monoisotopic (exact) mass is 424 g/mol. The van der Waals surface area contributed by atoms with Crippen LogP contribution in [0.4, 0.5) is 0 Å². The molecule has 0 radical (unpaired) electrons. The predicted molar refractivity (Wildman–Crippen MR) is 115 cm³/mol. The van der Waals surface area contributed by atoms with E-state index >= 15 is 0 Å². The Labute approximate surface area is 175 Å². The summed E-state index contributed by atoms with van der Waals surface area (Å²) in [6, 6.07) is 9.52. The SMILES string of the molecule is C[C@@H]1CCc2sc(-c3nnc(S[C@H](C)c4nc5ccccc5c(=O)[nH]4)o3)cc2C1. The van der Waals surface area contributed by atoms with Crippen LogP contribution in [-0.2, 0) is 12.8 Å². The fraction of sp³-hybridized carbons (Fsp3) is 0.333. The lowest BCUT2D eigenvalue weighted by molar-refractivity contribution is 0.465. The molecule has 0 amide bonds. The van der Waals surface area contributed by atoms with E-state index in [1.165, 1.54) is 28.6 Å². The summed E-state index contributed by atoms with van der Waals surface area (Å²) in [5, 5.41) is 9.38. The third-order valence-electron chi connectivity index (χ3n) is 5.24. The molecule has 1 aromatic carbocycles. The highest BCUT2D eigenvalue weighted by atomic mass is 32.2. The highest BCUT2D eigenvalue weighted by Gasteiger charge is 2.22. The van der Waals surface area contributed by atoms with Gasteiger partial charge in [0, 0.05) is 4.88 Å². The number of nitrogens with zero attached hydrogens (tertiary/aromatic N) is 3. The van der Waals surface area contributed by atoms with Gasteiger partial charge in [-0.25, -0.2) is 4.98 Å². The van der Waals surface area contributed by atoms with Crippen LogP contribution in [0.2, 0.25) is 0 Å². The van der Waals surface area contributed by atoms with Crippen LogP contribution < -0.4 is 5.56 Å². The summed E-state index contributed by atoms with van der Waals surface area (Å²) in [7, 11) is 0. The Hall–Kier alpha value is -2.45. The van der Waals surface area contributed by atoms with Gasteiger partial charge in [-0.2, -0.15) is 0 Å². The molecule has 0 bridgehead atoms. The number of aryl methyl sites for hydroxylation is 1. The first kappa shape index (κ1) is 18.6. The Morgan fingerprint density at radius 3 is 3.07 bits per heavy atom. The van der Waals surface area contributed by atoms with Crippen LogP contribution in [-0.4, -0.2) is 20.2 Å². The number of nitrogens with one attached hydrogen (secondary N) is 1. The van der Waals surface area contributed by atoms with E-state index in [1.54, 1.807) is 17.4 Å². The van der Waals surface area contributed by atoms with Gasteiger partial charge >= 0.3 is 0 Å². The van der Waals surface area contributed by atoms with E-state index in [0.717, 1.165) is 23.6 Å². The Kier molecular flexibility index (Phi) is 4.75. The summed E-state index contributed by atoms with van der Waals surface area (Å²) >= 11 is 3.15. The molecule has 1 aliphatic carbocycles. The third-order valence-corrected chi connectivity index (χ3v) is 7.41. The topological polar surface area (TPSA) is 84.7 Å². The lowest BCUT2D eigenvalue weighted by Crippen LogP contribution is -2.12. The van der Waals surface area contributed by atoms with Crippen molar-refractivity contribution in [2.24, 2.45) is 5.92 Å². The first-order valence-corrected chi connectivity index (χ1v) is 11.4. The van der Waals surface area contributed by atoms with E-state index in [0.29, 0.717) is 27.8 Å². The van der Waals surface area contributed by atoms with Gasteiger partial charge in [-0.3, -0.25) is 4.79 Å². The molecular formula is C21H20N4O2S2. The number of H-pyrrole nitrogens is 1. The molecule has 0 aliphatic heterocycles. The summed E-state index contributed by atoms with van der Waals surface area (Å²) in [6.45, 7) is 4.26. The molecule has 148 valence electrons. The molecule has 2 atom stereocenters. The Morgan fingerprint density at radius 1 is 1.31 bits per heavy atom. The molecule has 3 aromatic heterocycles. The maximum atomic E-state index is 12.3. The minimum absolute atomic E-state index is 0.127. The van der Waals surface area contributed by atoms with Crippen LogP contribution in [0, 0.1) is 5.92 Å². The van der Waals surface area contributed by atoms with Gasteiger partial charge in [0.1, 0.15) is 5.82 Å². The number of aromatic nitrogens is 4. The van der Waals surface area contributed by atoms with Crippen LogP contribution >= 0.6 is 23.1 Å². The zero-order valence-electron chi connectivity index (χ0n) is 16.1. The molecule has 29 heavy (non-hydrogen) atoms. The van der Waals surface area contributed by atoms with Crippen molar-refractivity contribution in [2.45, 2.75) is 43.6 Å². The number of aromatic amines is 1. The molecule has 1 aliphatic rings. The average molecular weight is 425 g/mol. The minimum Gasteiger partial charge on any atom is -0.410 e. The largest absolute Gasteiger partial charge is 0.410 e. The molecule has 0 saturated heterocycles. The zero-order valence-corrected chi connectivity index (χ0v) is 17.8. The van der Waals surface area contributed by atoms with Crippen molar-refractivity contribution in [3.8, 4) is 10.8 Å². The van der Waals surface area contributed by atoms with E-state index in [2.05, 4.69) is 33.2 Å². The maximum Gasteiger partial charge on any atom is 0.277 e. The van der Waals surface area contributed by atoms with Crippen molar-refractivity contribution in [3.05, 3.63) is 57.0 Å². The number of rotatable bonds is 4. The number of benzene rings is 1. The summed E-state index contributed by atoms with van der Waals surface area (Å²) in [5.41, 5.74) is 1.97. The van der Waals surface area contributed by atoms with Crippen LogP contribution in [0.1, 0.15) is 41.8 Å². The van der Waals surface area contributed by atoms with Gasteiger partial charge < -0.3 is 9.40 Å². The van der Waals surface area contributed by atoms with Gasteiger partial charge in [0.25, 0.3) is 16.7 Å². The molecular weight excluding hydrogens is 404 g/mol. The van der Waals surface area contributed by atoms with Gasteiger partial charge in [-0.1, -0.05) is 30.8 Å². The molecule has 3 heterocycles. The minimum atomic E-state index is -0.136.